The smallest absolute Gasteiger partial charge is 0.199 e. The van der Waals surface area contributed by atoms with Gasteiger partial charge in [0, 0.05) is 21.4 Å². The van der Waals surface area contributed by atoms with Gasteiger partial charge in [-0.2, -0.15) is 0 Å². The number of aromatic hydroxyl groups is 1. The zero-order valence-electron chi connectivity index (χ0n) is 10.9. The van der Waals surface area contributed by atoms with Crippen LogP contribution in [0.15, 0.2) is 47.1 Å². The van der Waals surface area contributed by atoms with Crippen LogP contribution in [-0.4, -0.2) is 9.67 Å². The summed E-state index contributed by atoms with van der Waals surface area (Å²) in [5, 5.41) is 12.2. The first-order valence-electron chi connectivity index (χ1n) is 6.27. The maximum absolute atomic E-state index is 12.9. The van der Waals surface area contributed by atoms with Gasteiger partial charge in [0.2, 0.25) is 0 Å². The molecule has 1 N–H and O–H groups in total. The highest BCUT2D eigenvalue weighted by Gasteiger charge is 2.11. The fourth-order valence-electron chi connectivity index (χ4n) is 2.46. The van der Waals surface area contributed by atoms with Crippen molar-refractivity contribution in [3.05, 3.63) is 64.0 Å². The van der Waals surface area contributed by atoms with Gasteiger partial charge >= 0.3 is 0 Å². The molecule has 0 saturated carbocycles. The largest absolute Gasteiger partial charge is 0.494 e. The molecule has 0 bridgehead atoms. The fraction of sp³-hybridized carbons (Fsp3) is 0.125. The van der Waals surface area contributed by atoms with Gasteiger partial charge in [0.15, 0.2) is 5.88 Å². The zero-order valence-corrected chi connectivity index (χ0v) is 12.5. The number of hydrogen-bond donors (Lipinski definition) is 1. The van der Waals surface area contributed by atoms with Crippen LogP contribution in [0.25, 0.3) is 10.8 Å². The van der Waals surface area contributed by atoms with Crippen molar-refractivity contribution in [2.24, 2.45) is 0 Å². The summed E-state index contributed by atoms with van der Waals surface area (Å²) >= 11 is 3.46. The molecule has 0 unspecified atom stereocenters. The molecular formula is C16H13BrFNO. The zero-order chi connectivity index (χ0) is 14.3. The van der Waals surface area contributed by atoms with Gasteiger partial charge in [-0.15, -0.1) is 0 Å². The Morgan fingerprint density at radius 2 is 1.90 bits per heavy atom. The van der Waals surface area contributed by atoms with Gasteiger partial charge < -0.3 is 9.67 Å². The Labute approximate surface area is 124 Å². The summed E-state index contributed by atoms with van der Waals surface area (Å²) in [5.74, 6) is -0.00950. The van der Waals surface area contributed by atoms with Gasteiger partial charge in [-0.05, 0) is 42.3 Å². The van der Waals surface area contributed by atoms with Crippen LogP contribution in [0.5, 0.6) is 5.88 Å². The molecule has 0 spiro atoms. The Hall–Kier alpha value is -1.81. The SMILES string of the molecule is Cc1cc(Br)cc2cn(Cc3ccc(F)cc3)c(O)c12. The minimum atomic E-state index is -0.254. The number of aromatic nitrogens is 1. The number of halogens is 2. The van der Waals surface area contributed by atoms with Gasteiger partial charge in [-0.25, -0.2) is 4.39 Å². The lowest BCUT2D eigenvalue weighted by Crippen LogP contribution is -1.97. The third-order valence-electron chi connectivity index (χ3n) is 3.39. The van der Waals surface area contributed by atoms with E-state index in [0.29, 0.717) is 6.54 Å². The average molecular weight is 334 g/mol. The van der Waals surface area contributed by atoms with E-state index in [4.69, 9.17) is 0 Å². The summed E-state index contributed by atoms with van der Waals surface area (Å²) < 4.78 is 15.7. The van der Waals surface area contributed by atoms with E-state index in [1.165, 1.54) is 12.1 Å². The molecule has 1 heterocycles. The van der Waals surface area contributed by atoms with Crippen molar-refractivity contribution in [1.82, 2.24) is 4.57 Å². The van der Waals surface area contributed by atoms with Gasteiger partial charge in [-0.1, -0.05) is 28.1 Å². The average Bonchev–Trinajstić information content (AvgIpc) is 2.69. The number of aryl methyl sites for hydroxylation is 1. The van der Waals surface area contributed by atoms with Gasteiger partial charge in [-0.3, -0.25) is 0 Å². The minimum Gasteiger partial charge on any atom is -0.494 e. The first kappa shape index (κ1) is 13.2. The second-order valence-electron chi connectivity index (χ2n) is 4.89. The van der Waals surface area contributed by atoms with E-state index in [9.17, 15) is 9.50 Å². The number of nitrogens with zero attached hydrogens (tertiary/aromatic N) is 1. The van der Waals surface area contributed by atoms with Crippen LogP contribution in [0.2, 0.25) is 0 Å². The van der Waals surface area contributed by atoms with E-state index >= 15 is 0 Å². The summed E-state index contributed by atoms with van der Waals surface area (Å²) in [6.45, 7) is 2.48. The lowest BCUT2D eigenvalue weighted by Gasteiger charge is -2.05. The molecular weight excluding hydrogens is 321 g/mol. The third-order valence-corrected chi connectivity index (χ3v) is 3.85. The highest BCUT2D eigenvalue weighted by Crippen LogP contribution is 2.33. The molecule has 0 aliphatic heterocycles. The van der Waals surface area contributed by atoms with Gasteiger partial charge in [0.05, 0.1) is 6.54 Å². The van der Waals surface area contributed by atoms with Crippen LogP contribution in [0.3, 0.4) is 0 Å². The molecule has 1 aromatic heterocycles. The summed E-state index contributed by atoms with van der Waals surface area (Å²) in [6, 6.07) is 10.3. The maximum atomic E-state index is 12.9. The highest BCUT2D eigenvalue weighted by molar-refractivity contribution is 9.10. The minimum absolute atomic E-state index is 0.245. The molecule has 2 aromatic carbocycles. The predicted molar refractivity (Wildman–Crippen MR) is 81.5 cm³/mol. The van der Waals surface area contributed by atoms with Crippen LogP contribution < -0.4 is 0 Å². The van der Waals surface area contributed by atoms with Crippen LogP contribution in [0.1, 0.15) is 11.1 Å². The highest BCUT2D eigenvalue weighted by atomic mass is 79.9. The molecule has 0 radical (unpaired) electrons. The second kappa shape index (κ2) is 4.94. The quantitative estimate of drug-likeness (QED) is 0.728. The molecule has 0 amide bonds. The summed E-state index contributed by atoms with van der Waals surface area (Å²) in [5.41, 5.74) is 1.96. The molecule has 0 atom stereocenters. The molecule has 4 heteroatoms. The maximum Gasteiger partial charge on any atom is 0.199 e. The molecule has 0 aliphatic rings. The molecule has 3 rings (SSSR count). The van der Waals surface area contributed by atoms with E-state index in [1.807, 2.05) is 25.3 Å². The Bertz CT molecular complexity index is 777. The molecule has 0 fully saturated rings. The second-order valence-corrected chi connectivity index (χ2v) is 5.81. The first-order valence-corrected chi connectivity index (χ1v) is 7.06. The van der Waals surface area contributed by atoms with E-state index < -0.39 is 0 Å². The summed E-state index contributed by atoms with van der Waals surface area (Å²) in [7, 11) is 0. The van der Waals surface area contributed by atoms with Crippen molar-refractivity contribution in [3.63, 3.8) is 0 Å². The number of fused-ring (bicyclic) bond motifs is 1. The normalized spacial score (nSPS) is 11.2. The monoisotopic (exact) mass is 333 g/mol. The van der Waals surface area contributed by atoms with Crippen molar-refractivity contribution < 1.29 is 9.50 Å². The number of hydrogen-bond acceptors (Lipinski definition) is 1. The molecule has 102 valence electrons. The van der Waals surface area contributed by atoms with Crippen LogP contribution >= 0.6 is 15.9 Å². The standard InChI is InChI=1S/C16H13BrFNO/c1-10-6-13(17)7-12-9-19(16(20)15(10)12)8-11-2-4-14(18)5-3-11/h2-7,9,20H,8H2,1H3. The van der Waals surface area contributed by atoms with Gasteiger partial charge in [0.25, 0.3) is 0 Å². The van der Waals surface area contributed by atoms with Crippen molar-refractivity contribution in [1.29, 1.82) is 0 Å². The van der Waals surface area contributed by atoms with E-state index in [1.54, 1.807) is 16.7 Å². The van der Waals surface area contributed by atoms with E-state index in [2.05, 4.69) is 15.9 Å². The number of benzene rings is 2. The first-order chi connectivity index (χ1) is 9.54. The number of rotatable bonds is 2. The fourth-order valence-corrected chi connectivity index (χ4v) is 3.05. The van der Waals surface area contributed by atoms with Gasteiger partial charge in [0.1, 0.15) is 5.82 Å². The molecule has 0 aliphatic carbocycles. The Morgan fingerprint density at radius 1 is 1.20 bits per heavy atom. The van der Waals surface area contributed by atoms with Crippen LogP contribution in [0, 0.1) is 12.7 Å². The Kier molecular flexibility index (Phi) is 3.26. The molecule has 3 aromatic rings. The topological polar surface area (TPSA) is 25.2 Å². The van der Waals surface area contributed by atoms with E-state index in [0.717, 1.165) is 26.4 Å². The molecule has 0 saturated heterocycles. The van der Waals surface area contributed by atoms with Crippen molar-refractivity contribution >= 4 is 26.7 Å². The lowest BCUT2D eigenvalue weighted by atomic mass is 10.1. The molecule has 2 nitrogen and oxygen atoms in total. The Balaban J connectivity index is 2.06. The van der Waals surface area contributed by atoms with E-state index in [-0.39, 0.29) is 11.7 Å². The van der Waals surface area contributed by atoms with Crippen molar-refractivity contribution in [2.75, 3.05) is 0 Å². The summed E-state index contributed by atoms with van der Waals surface area (Å²) in [4.78, 5) is 0. The molecule has 20 heavy (non-hydrogen) atoms. The predicted octanol–water partition coefficient (Wildman–Crippen LogP) is 4.61. The van der Waals surface area contributed by atoms with Crippen molar-refractivity contribution in [2.45, 2.75) is 13.5 Å². The lowest BCUT2D eigenvalue weighted by molar-refractivity contribution is 0.430. The summed E-state index contributed by atoms with van der Waals surface area (Å²) in [6.07, 6.45) is 1.91. The third kappa shape index (κ3) is 2.31. The van der Waals surface area contributed by atoms with Crippen LogP contribution in [-0.2, 0) is 6.54 Å². The van der Waals surface area contributed by atoms with Crippen molar-refractivity contribution in [3.8, 4) is 5.88 Å². The van der Waals surface area contributed by atoms with Crippen LogP contribution in [0.4, 0.5) is 4.39 Å². The Morgan fingerprint density at radius 3 is 2.60 bits per heavy atom.